The summed E-state index contributed by atoms with van der Waals surface area (Å²) in [7, 11) is 3.65. The second-order valence-electron chi connectivity index (χ2n) is 7.36. The molecule has 1 aliphatic carbocycles. The number of ether oxygens (including phenoxy) is 1. The van der Waals surface area contributed by atoms with E-state index in [2.05, 4.69) is 21.4 Å². The number of carbonyl (C=O) groups excluding carboxylic acids is 1. The highest BCUT2D eigenvalue weighted by atomic mass is 16.5. The lowest BCUT2D eigenvalue weighted by Gasteiger charge is -2.26. The molecule has 6 nitrogen and oxygen atoms in total. The van der Waals surface area contributed by atoms with Crippen molar-refractivity contribution in [3.05, 3.63) is 42.4 Å². The minimum absolute atomic E-state index is 0.121. The second-order valence-corrected chi connectivity index (χ2v) is 7.36. The fourth-order valence-electron chi connectivity index (χ4n) is 3.87. The average Bonchev–Trinajstić information content (AvgIpc) is 3.14. The molecule has 0 saturated heterocycles. The van der Waals surface area contributed by atoms with E-state index in [1.807, 2.05) is 37.6 Å². The van der Waals surface area contributed by atoms with Crippen molar-refractivity contribution in [2.75, 3.05) is 7.11 Å². The van der Waals surface area contributed by atoms with Crippen LogP contribution in [0.5, 0.6) is 0 Å². The fourth-order valence-corrected chi connectivity index (χ4v) is 3.87. The van der Waals surface area contributed by atoms with Crippen LogP contribution in [0.15, 0.2) is 36.7 Å². The molecule has 2 aromatic heterocycles. The first-order valence-corrected chi connectivity index (χ1v) is 9.43. The number of carbonyl (C=O) groups is 1. The number of benzene rings is 1. The molecule has 1 fully saturated rings. The molecule has 0 unspecified atom stereocenters. The first-order chi connectivity index (χ1) is 13.1. The van der Waals surface area contributed by atoms with E-state index >= 15 is 0 Å². The van der Waals surface area contributed by atoms with Crippen molar-refractivity contribution < 1.29 is 9.53 Å². The van der Waals surface area contributed by atoms with Gasteiger partial charge in [0.1, 0.15) is 5.78 Å². The number of hydrogen-bond donors (Lipinski definition) is 0. The van der Waals surface area contributed by atoms with Crippen molar-refractivity contribution in [3.8, 4) is 11.1 Å². The first-order valence-electron chi connectivity index (χ1n) is 9.43. The highest BCUT2D eigenvalue weighted by Crippen LogP contribution is 2.28. The highest BCUT2D eigenvalue weighted by Gasteiger charge is 2.26. The van der Waals surface area contributed by atoms with E-state index in [-0.39, 0.29) is 11.7 Å². The third-order valence-electron chi connectivity index (χ3n) is 5.49. The average molecular weight is 364 g/mol. The van der Waals surface area contributed by atoms with Crippen LogP contribution in [0.3, 0.4) is 0 Å². The predicted octanol–water partition coefficient (Wildman–Crippen LogP) is 3.35. The molecule has 0 aliphatic heterocycles. The molecule has 1 aromatic carbocycles. The fraction of sp³-hybridized carbons (Fsp3) is 0.429. The maximum atomic E-state index is 12.7. The Hall–Kier alpha value is -2.60. The summed E-state index contributed by atoms with van der Waals surface area (Å²) in [6, 6.07) is 8.05. The number of ketones is 1. The molecule has 1 saturated carbocycles. The Morgan fingerprint density at radius 2 is 1.96 bits per heavy atom. The monoisotopic (exact) mass is 364 g/mol. The summed E-state index contributed by atoms with van der Waals surface area (Å²) in [5.74, 6) is 0.386. The Morgan fingerprint density at radius 1 is 1.15 bits per heavy atom. The molecular formula is C21H24N4O2. The van der Waals surface area contributed by atoms with E-state index in [0.717, 1.165) is 53.4 Å². The minimum Gasteiger partial charge on any atom is -0.381 e. The summed E-state index contributed by atoms with van der Waals surface area (Å²) in [5, 5.41) is 13.8. The van der Waals surface area contributed by atoms with Gasteiger partial charge in [0.25, 0.3) is 0 Å². The van der Waals surface area contributed by atoms with E-state index < -0.39 is 0 Å². The van der Waals surface area contributed by atoms with Gasteiger partial charge in [0.2, 0.25) is 0 Å². The van der Waals surface area contributed by atoms with Gasteiger partial charge in [0.15, 0.2) is 0 Å². The molecule has 0 atom stereocenters. The van der Waals surface area contributed by atoms with Crippen molar-refractivity contribution in [1.82, 2.24) is 20.0 Å². The zero-order chi connectivity index (χ0) is 18.8. The van der Waals surface area contributed by atoms with Crippen molar-refractivity contribution in [1.29, 1.82) is 0 Å². The van der Waals surface area contributed by atoms with Gasteiger partial charge in [-0.2, -0.15) is 15.3 Å². The van der Waals surface area contributed by atoms with Crippen LogP contribution in [0.2, 0.25) is 0 Å². The van der Waals surface area contributed by atoms with E-state index in [1.54, 1.807) is 11.8 Å². The predicted molar refractivity (Wildman–Crippen MR) is 103 cm³/mol. The topological polar surface area (TPSA) is 69.9 Å². The Kier molecular flexibility index (Phi) is 4.99. The molecule has 0 amide bonds. The number of aryl methyl sites for hydroxylation is 1. The number of nitrogens with zero attached hydrogens (tertiary/aromatic N) is 4. The van der Waals surface area contributed by atoms with E-state index in [0.29, 0.717) is 12.5 Å². The Balaban J connectivity index is 1.51. The summed E-state index contributed by atoms with van der Waals surface area (Å²) in [6.07, 6.45) is 8.22. The van der Waals surface area contributed by atoms with Gasteiger partial charge in [-0.25, -0.2) is 0 Å². The molecule has 0 bridgehead atoms. The van der Waals surface area contributed by atoms with E-state index in [1.165, 1.54) is 0 Å². The molecule has 0 radical (unpaired) electrons. The van der Waals surface area contributed by atoms with Crippen molar-refractivity contribution in [2.24, 2.45) is 13.0 Å². The molecule has 140 valence electrons. The van der Waals surface area contributed by atoms with Gasteiger partial charge in [-0.05, 0) is 49.4 Å². The van der Waals surface area contributed by atoms with Gasteiger partial charge in [0.05, 0.1) is 29.9 Å². The third-order valence-corrected chi connectivity index (χ3v) is 5.49. The lowest BCUT2D eigenvalue weighted by molar-refractivity contribution is -0.124. The van der Waals surface area contributed by atoms with E-state index in [9.17, 15) is 4.79 Å². The van der Waals surface area contributed by atoms with Gasteiger partial charge in [-0.3, -0.25) is 9.48 Å². The first kappa shape index (κ1) is 17.8. The van der Waals surface area contributed by atoms with Crippen LogP contribution >= 0.6 is 0 Å². The highest BCUT2D eigenvalue weighted by molar-refractivity contribution is 5.86. The third kappa shape index (κ3) is 3.90. The molecule has 6 heteroatoms. The SMILES string of the molecule is COC1CCC(C(=O)Cc2cc3cc(-c4cnn(C)c4)ccc3nn2)CC1. The largest absolute Gasteiger partial charge is 0.381 e. The van der Waals surface area contributed by atoms with Crippen molar-refractivity contribution in [3.63, 3.8) is 0 Å². The Labute approximate surface area is 158 Å². The normalized spacial score (nSPS) is 20.1. The molecule has 3 aromatic rings. The zero-order valence-electron chi connectivity index (χ0n) is 15.8. The number of methoxy groups -OCH3 is 1. The van der Waals surface area contributed by atoms with Gasteiger partial charge < -0.3 is 4.74 Å². The van der Waals surface area contributed by atoms with Gasteiger partial charge >= 0.3 is 0 Å². The maximum Gasteiger partial charge on any atom is 0.141 e. The molecule has 1 aliphatic rings. The van der Waals surface area contributed by atoms with Gasteiger partial charge in [-0.15, -0.1) is 0 Å². The van der Waals surface area contributed by atoms with E-state index in [4.69, 9.17) is 4.74 Å². The molecule has 0 spiro atoms. The summed E-state index contributed by atoms with van der Waals surface area (Å²) >= 11 is 0. The van der Waals surface area contributed by atoms with Gasteiger partial charge in [0, 0.05) is 37.2 Å². The second kappa shape index (κ2) is 7.56. The van der Waals surface area contributed by atoms with Crippen LogP contribution in [0.1, 0.15) is 31.4 Å². The molecule has 0 N–H and O–H groups in total. The maximum absolute atomic E-state index is 12.7. The summed E-state index contributed by atoms with van der Waals surface area (Å²) in [6.45, 7) is 0. The molecule has 2 heterocycles. The minimum atomic E-state index is 0.121. The number of Topliss-reactive ketones (excluding diaryl/α,β-unsaturated/α-hetero) is 1. The van der Waals surface area contributed by atoms with Gasteiger partial charge in [-0.1, -0.05) is 6.07 Å². The number of hydrogen-bond acceptors (Lipinski definition) is 5. The standard InChI is InChI=1S/C21H24N4O2/c1-25-13-17(12-22-25)15-5-8-20-16(9-15)10-18(23-24-20)11-21(26)14-3-6-19(27-2)7-4-14/h5,8-10,12-14,19H,3-4,6-7,11H2,1-2H3. The molecule has 4 rings (SSSR count). The Morgan fingerprint density at radius 3 is 2.67 bits per heavy atom. The van der Waals surface area contributed by atoms with Crippen molar-refractivity contribution >= 4 is 16.7 Å². The summed E-state index contributed by atoms with van der Waals surface area (Å²) < 4.78 is 7.18. The lowest BCUT2D eigenvalue weighted by atomic mass is 9.83. The van der Waals surface area contributed by atoms with Crippen molar-refractivity contribution in [2.45, 2.75) is 38.2 Å². The van der Waals surface area contributed by atoms with Crippen LogP contribution in [-0.4, -0.2) is 39.0 Å². The molecule has 27 heavy (non-hydrogen) atoms. The quantitative estimate of drug-likeness (QED) is 0.694. The number of rotatable bonds is 5. The summed E-state index contributed by atoms with van der Waals surface area (Å²) in [5.41, 5.74) is 3.71. The number of aromatic nitrogens is 4. The van der Waals surface area contributed by atoms with Crippen LogP contribution in [0.4, 0.5) is 0 Å². The van der Waals surface area contributed by atoms with Crippen LogP contribution in [0, 0.1) is 5.92 Å². The van der Waals surface area contributed by atoms with Crippen LogP contribution in [0.25, 0.3) is 22.0 Å². The van der Waals surface area contributed by atoms with Crippen LogP contribution < -0.4 is 0 Å². The Bertz CT molecular complexity index is 958. The zero-order valence-corrected chi connectivity index (χ0v) is 15.8. The smallest absolute Gasteiger partial charge is 0.141 e. The lowest BCUT2D eigenvalue weighted by Crippen LogP contribution is -2.26. The summed E-state index contributed by atoms with van der Waals surface area (Å²) in [4.78, 5) is 12.7. The van der Waals surface area contributed by atoms with Crippen LogP contribution in [-0.2, 0) is 23.0 Å². The molecular weight excluding hydrogens is 340 g/mol. The number of fused-ring (bicyclic) bond motifs is 1.